The number of carbonyl (C=O) groups is 2. The summed E-state index contributed by atoms with van der Waals surface area (Å²) in [6, 6.07) is 8.28. The molecule has 2 rings (SSSR count). The molecule has 1 amide bonds. The number of anilines is 1. The Labute approximate surface area is 163 Å². The first kappa shape index (κ1) is 21.3. The number of esters is 1. The topological polar surface area (TPSA) is 120 Å². The first-order valence-electron chi connectivity index (χ1n) is 8.54. The fourth-order valence-corrected chi connectivity index (χ4v) is 3.84. The van der Waals surface area contributed by atoms with Crippen LogP contribution in [-0.2, 0) is 19.6 Å². The summed E-state index contributed by atoms with van der Waals surface area (Å²) in [6.07, 6.45) is 2.29. The lowest BCUT2D eigenvalue weighted by Gasteiger charge is -2.18. The van der Waals surface area contributed by atoms with E-state index < -0.39 is 28.5 Å². The molecule has 150 valence electrons. The molecule has 0 aliphatic rings. The summed E-state index contributed by atoms with van der Waals surface area (Å²) in [5, 5.41) is 13.4. The van der Waals surface area contributed by atoms with Crippen LogP contribution in [0.3, 0.4) is 0 Å². The van der Waals surface area contributed by atoms with E-state index in [0.717, 1.165) is 12.4 Å². The van der Waals surface area contributed by atoms with Gasteiger partial charge in [-0.05, 0) is 24.3 Å². The molecule has 0 unspecified atom stereocenters. The Morgan fingerprint density at radius 2 is 1.64 bits per heavy atom. The molecule has 0 spiro atoms. The summed E-state index contributed by atoms with van der Waals surface area (Å²) in [6.45, 7) is 3.71. The van der Waals surface area contributed by atoms with Crippen LogP contribution in [0.2, 0.25) is 0 Å². The fraction of sp³-hybridized carbons (Fsp3) is 0.278. The number of ether oxygens (including phenoxy) is 1. The number of nitrogens with zero attached hydrogens (tertiary/aromatic N) is 2. The highest BCUT2D eigenvalue weighted by Crippen LogP contribution is 2.18. The number of rotatable bonds is 8. The quantitative estimate of drug-likeness (QED) is 0.398. The van der Waals surface area contributed by atoms with Crippen molar-refractivity contribution in [2.45, 2.75) is 18.7 Å². The van der Waals surface area contributed by atoms with Gasteiger partial charge in [0.25, 0.3) is 5.91 Å². The largest absolute Gasteiger partial charge is 0.619 e. The van der Waals surface area contributed by atoms with Crippen molar-refractivity contribution >= 4 is 27.6 Å². The predicted octanol–water partition coefficient (Wildman–Crippen LogP) is 1.15. The highest BCUT2D eigenvalue weighted by Gasteiger charge is 2.21. The van der Waals surface area contributed by atoms with Crippen molar-refractivity contribution in [2.75, 3.05) is 25.0 Å². The minimum absolute atomic E-state index is 0.125. The number of benzene rings is 1. The molecule has 0 fully saturated rings. The Morgan fingerprint density at radius 1 is 1.07 bits per heavy atom. The predicted molar refractivity (Wildman–Crippen MR) is 101 cm³/mol. The molecule has 0 radical (unpaired) electrons. The van der Waals surface area contributed by atoms with Gasteiger partial charge in [-0.3, -0.25) is 4.79 Å². The summed E-state index contributed by atoms with van der Waals surface area (Å²) in [5.74, 6) is -1.32. The smallest absolute Gasteiger partial charge is 0.339 e. The van der Waals surface area contributed by atoms with Crippen molar-refractivity contribution in [3.05, 3.63) is 59.6 Å². The van der Waals surface area contributed by atoms with Crippen LogP contribution in [0.25, 0.3) is 0 Å². The Morgan fingerprint density at radius 3 is 2.18 bits per heavy atom. The zero-order chi connectivity index (χ0) is 20.7. The third-order valence-corrected chi connectivity index (χ3v) is 5.92. The van der Waals surface area contributed by atoms with Crippen LogP contribution in [-0.4, -0.2) is 44.3 Å². The van der Waals surface area contributed by atoms with E-state index in [1.54, 1.807) is 13.8 Å². The molecule has 0 aliphatic heterocycles. The normalized spacial score (nSPS) is 11.2. The van der Waals surface area contributed by atoms with Gasteiger partial charge in [-0.15, -0.1) is 0 Å². The first-order chi connectivity index (χ1) is 13.3. The van der Waals surface area contributed by atoms with E-state index in [-0.39, 0.29) is 10.5 Å². The lowest BCUT2D eigenvalue weighted by Crippen LogP contribution is -2.30. The van der Waals surface area contributed by atoms with Gasteiger partial charge in [-0.25, -0.2) is 13.2 Å². The van der Waals surface area contributed by atoms with Crippen molar-refractivity contribution < 1.29 is 27.5 Å². The molecule has 1 N–H and O–H groups in total. The molecule has 0 saturated carbocycles. The molecule has 9 nitrogen and oxygen atoms in total. The monoisotopic (exact) mass is 407 g/mol. The number of aromatic nitrogens is 1. The maximum Gasteiger partial charge on any atom is 0.339 e. The molecule has 1 heterocycles. The SMILES string of the molecule is CCN(CC)S(=O)(=O)c1ccc(NC(=O)COC(=O)c2cc[n+]([O-])cc2)cc1. The Kier molecular flexibility index (Phi) is 7.07. The van der Waals surface area contributed by atoms with Crippen molar-refractivity contribution in [1.82, 2.24) is 4.31 Å². The average molecular weight is 407 g/mol. The van der Waals surface area contributed by atoms with E-state index in [9.17, 15) is 23.2 Å². The van der Waals surface area contributed by atoms with E-state index in [4.69, 9.17) is 4.74 Å². The summed E-state index contributed by atoms with van der Waals surface area (Å²) in [7, 11) is -3.57. The minimum Gasteiger partial charge on any atom is -0.619 e. The summed E-state index contributed by atoms with van der Waals surface area (Å²) in [4.78, 5) is 23.8. The molecule has 1 aromatic carbocycles. The van der Waals surface area contributed by atoms with E-state index in [0.29, 0.717) is 23.5 Å². The third kappa shape index (κ3) is 5.27. The van der Waals surface area contributed by atoms with Crippen LogP contribution in [0.15, 0.2) is 53.7 Å². The van der Waals surface area contributed by atoms with Gasteiger partial charge in [-0.2, -0.15) is 9.04 Å². The number of nitrogens with one attached hydrogen (secondary N) is 1. The number of sulfonamides is 1. The van der Waals surface area contributed by atoms with Gasteiger partial charge in [0.2, 0.25) is 10.0 Å². The van der Waals surface area contributed by atoms with Gasteiger partial charge in [-0.1, -0.05) is 13.8 Å². The molecule has 28 heavy (non-hydrogen) atoms. The van der Waals surface area contributed by atoms with E-state index in [1.807, 2.05) is 0 Å². The highest BCUT2D eigenvalue weighted by molar-refractivity contribution is 7.89. The zero-order valence-corrected chi connectivity index (χ0v) is 16.3. The first-order valence-corrected chi connectivity index (χ1v) is 9.98. The van der Waals surface area contributed by atoms with E-state index >= 15 is 0 Å². The van der Waals surface area contributed by atoms with Gasteiger partial charge in [0, 0.05) is 30.9 Å². The standard InChI is InChI=1S/C18H21N3O6S/c1-3-21(4-2)28(25,26)16-7-5-15(6-8-16)19-17(22)13-27-18(23)14-9-11-20(24)12-10-14/h5-12H,3-4,13H2,1-2H3,(H,19,22). The second-order valence-corrected chi connectivity index (χ2v) is 7.62. The highest BCUT2D eigenvalue weighted by atomic mass is 32.2. The maximum atomic E-state index is 12.4. The van der Waals surface area contributed by atoms with Gasteiger partial charge in [0.05, 0.1) is 10.5 Å². The van der Waals surface area contributed by atoms with Crippen LogP contribution in [0.5, 0.6) is 0 Å². The van der Waals surface area contributed by atoms with Crippen molar-refractivity contribution in [1.29, 1.82) is 0 Å². The van der Waals surface area contributed by atoms with Crippen molar-refractivity contribution in [2.24, 2.45) is 0 Å². The molecule has 0 bridgehead atoms. The summed E-state index contributed by atoms with van der Waals surface area (Å²) in [5.41, 5.74) is 0.512. The van der Waals surface area contributed by atoms with Crippen LogP contribution < -0.4 is 10.0 Å². The fourth-order valence-electron chi connectivity index (χ4n) is 2.38. The molecule has 2 aromatic rings. The zero-order valence-electron chi connectivity index (χ0n) is 15.5. The Bertz CT molecular complexity index is 923. The number of pyridine rings is 1. The molecule has 0 aliphatic carbocycles. The Balaban J connectivity index is 1.94. The number of amides is 1. The molecule has 1 aromatic heterocycles. The van der Waals surface area contributed by atoms with Gasteiger partial charge in [0.15, 0.2) is 19.0 Å². The van der Waals surface area contributed by atoms with Crippen molar-refractivity contribution in [3.8, 4) is 0 Å². The van der Waals surface area contributed by atoms with Crippen LogP contribution in [0.1, 0.15) is 24.2 Å². The lowest BCUT2D eigenvalue weighted by molar-refractivity contribution is -0.605. The van der Waals surface area contributed by atoms with E-state index in [2.05, 4.69) is 5.32 Å². The van der Waals surface area contributed by atoms with Crippen LogP contribution in [0.4, 0.5) is 5.69 Å². The maximum absolute atomic E-state index is 12.4. The van der Waals surface area contributed by atoms with Gasteiger partial charge < -0.3 is 15.3 Å². The third-order valence-electron chi connectivity index (χ3n) is 3.85. The minimum atomic E-state index is -3.57. The van der Waals surface area contributed by atoms with Crippen LogP contribution in [0, 0.1) is 5.21 Å². The second kappa shape index (κ2) is 9.29. The number of hydrogen-bond acceptors (Lipinski definition) is 6. The molecule has 0 atom stereocenters. The number of carbonyl (C=O) groups excluding carboxylic acids is 2. The van der Waals surface area contributed by atoms with Crippen molar-refractivity contribution in [3.63, 3.8) is 0 Å². The van der Waals surface area contributed by atoms with E-state index in [1.165, 1.54) is 40.7 Å². The van der Waals surface area contributed by atoms with Gasteiger partial charge in [0.1, 0.15) is 0 Å². The molecular formula is C18H21N3O6S. The Hall–Kier alpha value is -2.98. The summed E-state index contributed by atoms with van der Waals surface area (Å²) >= 11 is 0. The molecule has 0 saturated heterocycles. The van der Waals surface area contributed by atoms with Crippen LogP contribution >= 0.6 is 0 Å². The number of hydrogen-bond donors (Lipinski definition) is 1. The molecule has 10 heteroatoms. The lowest BCUT2D eigenvalue weighted by atomic mass is 10.3. The summed E-state index contributed by atoms with van der Waals surface area (Å²) < 4.78 is 31.6. The molecular weight excluding hydrogens is 386 g/mol. The average Bonchev–Trinajstić information content (AvgIpc) is 2.68. The second-order valence-electron chi connectivity index (χ2n) is 5.68. The van der Waals surface area contributed by atoms with Gasteiger partial charge >= 0.3 is 5.97 Å².